The number of rotatable bonds is 6. The maximum Gasteiger partial charge on any atom is 0.313 e. The zero-order valence-electron chi connectivity index (χ0n) is 16.9. The van der Waals surface area contributed by atoms with Crippen LogP contribution >= 0.6 is 0 Å². The van der Waals surface area contributed by atoms with Crippen LogP contribution in [0.1, 0.15) is 44.2 Å². The lowest BCUT2D eigenvalue weighted by molar-refractivity contribution is -0.148. The molecule has 1 atom stereocenters. The van der Waals surface area contributed by atoms with Crippen LogP contribution in [0.4, 0.5) is 5.69 Å². The molecule has 0 fully saturated rings. The maximum absolute atomic E-state index is 12.6. The molecule has 1 aliphatic rings. The summed E-state index contributed by atoms with van der Waals surface area (Å²) in [6.07, 6.45) is 2.24. The summed E-state index contributed by atoms with van der Waals surface area (Å²) in [5, 5.41) is 0. The molecule has 2 aromatic carbocycles. The number of nitrogens with zero attached hydrogens (tertiary/aromatic N) is 1. The summed E-state index contributed by atoms with van der Waals surface area (Å²) in [6, 6.07) is 17.7. The van der Waals surface area contributed by atoms with Crippen LogP contribution in [0, 0.1) is 0 Å². The van der Waals surface area contributed by atoms with E-state index in [-0.39, 0.29) is 29.7 Å². The van der Waals surface area contributed by atoms with E-state index in [1.807, 2.05) is 67.4 Å². The van der Waals surface area contributed by atoms with Crippen molar-refractivity contribution in [2.75, 3.05) is 18.6 Å². The van der Waals surface area contributed by atoms with E-state index in [0.717, 1.165) is 16.9 Å². The summed E-state index contributed by atoms with van der Waals surface area (Å²) in [5.74, 6) is -0.918. The van der Waals surface area contributed by atoms with Crippen molar-refractivity contribution in [2.45, 2.75) is 38.5 Å². The Bertz CT molecular complexity index is 899. The van der Waals surface area contributed by atoms with Crippen LogP contribution in [-0.4, -0.2) is 25.4 Å². The number of para-hydroxylation sites is 1. The largest absolute Gasteiger partial charge is 0.457 e. The number of ether oxygens (including phenoxy) is 1. The van der Waals surface area contributed by atoms with Gasteiger partial charge in [0.05, 0.1) is 5.92 Å². The van der Waals surface area contributed by atoms with Gasteiger partial charge in [0.25, 0.3) is 0 Å². The number of carbonyl (C=O) groups is 2. The molecule has 0 aromatic heterocycles. The molecule has 0 unspecified atom stereocenters. The van der Waals surface area contributed by atoms with Crippen LogP contribution in [0.25, 0.3) is 0 Å². The van der Waals surface area contributed by atoms with E-state index in [1.165, 1.54) is 5.56 Å². The highest BCUT2D eigenvalue weighted by Crippen LogP contribution is 2.46. The second-order valence-electron chi connectivity index (χ2n) is 7.68. The van der Waals surface area contributed by atoms with Crippen molar-refractivity contribution in [3.8, 4) is 0 Å². The Morgan fingerprint density at radius 1 is 1.07 bits per heavy atom. The fourth-order valence-corrected chi connectivity index (χ4v) is 3.92. The van der Waals surface area contributed by atoms with Crippen molar-refractivity contribution < 1.29 is 14.3 Å². The average Bonchev–Trinajstić information content (AvgIpc) is 2.89. The molecular weight excluding hydrogens is 350 g/mol. The van der Waals surface area contributed by atoms with Crippen molar-refractivity contribution in [2.24, 2.45) is 0 Å². The van der Waals surface area contributed by atoms with Crippen molar-refractivity contribution in [1.29, 1.82) is 0 Å². The van der Waals surface area contributed by atoms with Gasteiger partial charge in [-0.1, -0.05) is 69.3 Å². The Labute approximate surface area is 166 Å². The van der Waals surface area contributed by atoms with E-state index >= 15 is 0 Å². The molecule has 4 nitrogen and oxygen atoms in total. The Morgan fingerprint density at radius 3 is 2.36 bits per heavy atom. The molecule has 28 heavy (non-hydrogen) atoms. The third kappa shape index (κ3) is 3.72. The predicted molar refractivity (Wildman–Crippen MR) is 111 cm³/mol. The molecule has 2 aromatic rings. The van der Waals surface area contributed by atoms with E-state index in [1.54, 1.807) is 6.08 Å². The van der Waals surface area contributed by atoms with Gasteiger partial charge in [-0.25, -0.2) is 0 Å². The Kier molecular flexibility index (Phi) is 5.68. The standard InChI is InChI=1S/C24H27NO3/c1-5-19(17-11-7-6-8-12-17)23(27)28-16-18(26)15-22-24(2,3)20-13-9-10-14-21(20)25(22)4/h6-15,19H,5,16H2,1-4H3/b22-15+/t19-/m0/s1. The molecule has 0 N–H and O–H groups in total. The summed E-state index contributed by atoms with van der Waals surface area (Å²) in [6.45, 7) is 5.90. The molecule has 1 aliphatic heterocycles. The first kappa shape index (κ1) is 19.9. The number of fused-ring (bicyclic) bond motifs is 1. The monoisotopic (exact) mass is 377 g/mol. The van der Waals surface area contributed by atoms with Crippen molar-refractivity contribution in [3.63, 3.8) is 0 Å². The third-order valence-corrected chi connectivity index (χ3v) is 5.49. The zero-order chi connectivity index (χ0) is 20.3. The highest BCUT2D eigenvalue weighted by atomic mass is 16.5. The highest BCUT2D eigenvalue weighted by molar-refractivity contribution is 5.94. The van der Waals surface area contributed by atoms with E-state index in [4.69, 9.17) is 4.74 Å². The van der Waals surface area contributed by atoms with Gasteiger partial charge < -0.3 is 9.64 Å². The smallest absolute Gasteiger partial charge is 0.313 e. The van der Waals surface area contributed by atoms with Crippen molar-refractivity contribution in [1.82, 2.24) is 0 Å². The minimum atomic E-state index is -0.359. The first-order chi connectivity index (χ1) is 13.4. The number of hydrogen-bond acceptors (Lipinski definition) is 4. The molecule has 1 heterocycles. The lowest BCUT2D eigenvalue weighted by Crippen LogP contribution is -2.25. The maximum atomic E-state index is 12.6. The molecule has 0 amide bonds. The number of esters is 1. The molecule has 4 heteroatoms. The van der Waals surface area contributed by atoms with Gasteiger partial charge in [-0.05, 0) is 23.6 Å². The first-order valence-corrected chi connectivity index (χ1v) is 9.66. The number of anilines is 1. The van der Waals surface area contributed by atoms with Crippen LogP contribution in [0.15, 0.2) is 66.4 Å². The second kappa shape index (κ2) is 8.01. The summed E-state index contributed by atoms with van der Waals surface area (Å²) in [4.78, 5) is 27.1. The molecule has 146 valence electrons. The Morgan fingerprint density at radius 2 is 1.71 bits per heavy atom. The quantitative estimate of drug-likeness (QED) is 0.545. The first-order valence-electron chi connectivity index (χ1n) is 9.66. The molecule has 0 spiro atoms. The number of carbonyl (C=O) groups excluding carboxylic acids is 2. The molecule has 3 rings (SSSR count). The topological polar surface area (TPSA) is 46.6 Å². The lowest BCUT2D eigenvalue weighted by Gasteiger charge is -2.24. The number of likely N-dealkylation sites (N-methyl/N-ethyl adjacent to an activating group) is 1. The fourth-order valence-electron chi connectivity index (χ4n) is 3.92. The highest BCUT2D eigenvalue weighted by Gasteiger charge is 2.38. The van der Waals surface area contributed by atoms with Crippen LogP contribution in [0.3, 0.4) is 0 Å². The summed E-state index contributed by atoms with van der Waals surface area (Å²) < 4.78 is 5.35. The third-order valence-electron chi connectivity index (χ3n) is 5.49. The van der Waals surface area contributed by atoms with Gasteiger partial charge in [-0.3, -0.25) is 9.59 Å². The number of benzene rings is 2. The predicted octanol–water partition coefficient (Wildman–Crippen LogP) is 4.60. The SMILES string of the molecule is CC[C@H](C(=O)OCC(=O)/C=C1/N(C)c2ccccc2C1(C)C)c1ccccc1. The normalized spacial score (nSPS) is 17.3. The van der Waals surface area contributed by atoms with Crippen LogP contribution in [0.5, 0.6) is 0 Å². The molecule has 0 radical (unpaired) electrons. The van der Waals surface area contributed by atoms with Gasteiger partial charge >= 0.3 is 5.97 Å². The number of allylic oxidation sites excluding steroid dienone is 1. The molecular formula is C24H27NO3. The lowest BCUT2D eigenvalue weighted by atomic mass is 9.83. The summed E-state index contributed by atoms with van der Waals surface area (Å²) in [5.41, 5.74) is 3.82. The second-order valence-corrected chi connectivity index (χ2v) is 7.68. The van der Waals surface area contributed by atoms with Gasteiger partial charge in [-0.2, -0.15) is 0 Å². The summed E-state index contributed by atoms with van der Waals surface area (Å²) in [7, 11) is 1.96. The van der Waals surface area contributed by atoms with E-state index in [0.29, 0.717) is 6.42 Å². The number of ketones is 1. The zero-order valence-corrected chi connectivity index (χ0v) is 16.9. The Hall–Kier alpha value is -2.88. The van der Waals surface area contributed by atoms with Crippen LogP contribution in [0.2, 0.25) is 0 Å². The molecule has 0 saturated carbocycles. The minimum Gasteiger partial charge on any atom is -0.457 e. The van der Waals surface area contributed by atoms with Crippen LogP contribution < -0.4 is 4.90 Å². The number of hydrogen-bond donors (Lipinski definition) is 0. The van der Waals surface area contributed by atoms with Crippen LogP contribution in [-0.2, 0) is 19.7 Å². The van der Waals surface area contributed by atoms with Gasteiger partial charge in [0.2, 0.25) is 0 Å². The Balaban J connectivity index is 1.70. The average molecular weight is 377 g/mol. The molecule has 0 bridgehead atoms. The van der Waals surface area contributed by atoms with E-state index in [2.05, 4.69) is 19.9 Å². The van der Waals surface area contributed by atoms with Gasteiger partial charge in [0, 0.05) is 29.9 Å². The minimum absolute atomic E-state index is 0.209. The fraction of sp³-hybridized carbons (Fsp3) is 0.333. The van der Waals surface area contributed by atoms with Crippen molar-refractivity contribution in [3.05, 3.63) is 77.5 Å². The van der Waals surface area contributed by atoms with E-state index < -0.39 is 0 Å². The molecule has 0 aliphatic carbocycles. The van der Waals surface area contributed by atoms with Gasteiger partial charge in [0.15, 0.2) is 12.4 Å². The van der Waals surface area contributed by atoms with Gasteiger partial charge in [-0.15, -0.1) is 0 Å². The van der Waals surface area contributed by atoms with Crippen molar-refractivity contribution >= 4 is 17.4 Å². The molecule has 0 saturated heterocycles. The van der Waals surface area contributed by atoms with Gasteiger partial charge in [0.1, 0.15) is 0 Å². The summed E-state index contributed by atoms with van der Waals surface area (Å²) >= 11 is 0. The van der Waals surface area contributed by atoms with E-state index in [9.17, 15) is 9.59 Å².